The Morgan fingerprint density at radius 3 is 2.21 bits per heavy atom. The first-order chi connectivity index (χ1) is 6.59. The van der Waals surface area contributed by atoms with Crippen LogP contribution in [0.5, 0.6) is 0 Å². The molecule has 14 heavy (non-hydrogen) atoms. The van der Waals surface area contributed by atoms with Gasteiger partial charge in [0.05, 0.1) is 0 Å². The van der Waals surface area contributed by atoms with Crippen molar-refractivity contribution in [3.05, 3.63) is 0 Å². The Labute approximate surface area is 94.2 Å². The fraction of sp³-hybridized carbons (Fsp3) is 1.00. The molecule has 0 spiro atoms. The van der Waals surface area contributed by atoms with Gasteiger partial charge < -0.3 is 4.74 Å². The monoisotopic (exact) mass is 220 g/mol. The Bertz CT molecular complexity index is 115. The van der Waals surface area contributed by atoms with Gasteiger partial charge in [-0.05, 0) is 31.6 Å². The molecule has 0 amide bonds. The van der Waals surface area contributed by atoms with Crippen LogP contribution in [0.15, 0.2) is 0 Å². The van der Waals surface area contributed by atoms with E-state index in [0.717, 1.165) is 19.6 Å². The number of alkyl halides is 1. The van der Waals surface area contributed by atoms with Crippen molar-refractivity contribution in [2.75, 3.05) is 13.2 Å². The SMILES string of the molecule is CCCCOCCC(C(C)C)C(C)Cl. The van der Waals surface area contributed by atoms with Gasteiger partial charge in [0, 0.05) is 18.6 Å². The van der Waals surface area contributed by atoms with Gasteiger partial charge in [0.2, 0.25) is 0 Å². The van der Waals surface area contributed by atoms with Crippen LogP contribution < -0.4 is 0 Å². The summed E-state index contributed by atoms with van der Waals surface area (Å²) in [6.07, 6.45) is 3.47. The fourth-order valence-electron chi connectivity index (χ4n) is 1.66. The molecule has 0 aliphatic heterocycles. The van der Waals surface area contributed by atoms with Gasteiger partial charge in [-0.25, -0.2) is 0 Å². The zero-order chi connectivity index (χ0) is 11.0. The Kier molecular flexibility index (Phi) is 8.70. The molecule has 0 radical (unpaired) electrons. The molecule has 0 rings (SSSR count). The maximum absolute atomic E-state index is 6.12. The van der Waals surface area contributed by atoms with Gasteiger partial charge in [0.1, 0.15) is 0 Å². The molecule has 1 nitrogen and oxygen atoms in total. The second-order valence-electron chi connectivity index (χ2n) is 4.34. The molecule has 0 aromatic carbocycles. The largest absolute Gasteiger partial charge is 0.381 e. The van der Waals surface area contributed by atoms with E-state index in [9.17, 15) is 0 Å². The predicted octanol–water partition coefficient (Wildman–Crippen LogP) is 4.09. The molecule has 2 heteroatoms. The summed E-state index contributed by atoms with van der Waals surface area (Å²) in [5.74, 6) is 1.23. The molecular formula is C12H25ClO. The highest BCUT2D eigenvalue weighted by Gasteiger charge is 2.18. The molecule has 0 saturated carbocycles. The smallest absolute Gasteiger partial charge is 0.0469 e. The van der Waals surface area contributed by atoms with E-state index >= 15 is 0 Å². The lowest BCUT2D eigenvalue weighted by Crippen LogP contribution is -2.20. The van der Waals surface area contributed by atoms with Crippen molar-refractivity contribution < 1.29 is 4.74 Å². The fourth-order valence-corrected chi connectivity index (χ4v) is 2.08. The minimum atomic E-state index is 0.254. The van der Waals surface area contributed by atoms with Crippen LogP contribution in [0.25, 0.3) is 0 Å². The molecule has 0 heterocycles. The second-order valence-corrected chi connectivity index (χ2v) is 5.03. The van der Waals surface area contributed by atoms with Gasteiger partial charge in [0.25, 0.3) is 0 Å². The third-order valence-electron chi connectivity index (χ3n) is 2.68. The van der Waals surface area contributed by atoms with Crippen molar-refractivity contribution in [1.82, 2.24) is 0 Å². The Hall–Kier alpha value is 0.250. The van der Waals surface area contributed by atoms with Crippen LogP contribution in [0.4, 0.5) is 0 Å². The lowest BCUT2D eigenvalue weighted by atomic mass is 9.90. The molecule has 0 aromatic heterocycles. The van der Waals surface area contributed by atoms with E-state index < -0.39 is 0 Å². The van der Waals surface area contributed by atoms with E-state index in [4.69, 9.17) is 16.3 Å². The van der Waals surface area contributed by atoms with Crippen LogP contribution >= 0.6 is 11.6 Å². The zero-order valence-corrected chi connectivity index (χ0v) is 10.8. The summed E-state index contributed by atoms with van der Waals surface area (Å²) in [6, 6.07) is 0. The van der Waals surface area contributed by atoms with E-state index in [-0.39, 0.29) is 5.38 Å². The molecular weight excluding hydrogens is 196 g/mol. The summed E-state index contributed by atoms with van der Waals surface area (Å²) >= 11 is 6.12. The average Bonchev–Trinajstić information content (AvgIpc) is 2.09. The van der Waals surface area contributed by atoms with Crippen molar-refractivity contribution in [2.45, 2.75) is 52.3 Å². The van der Waals surface area contributed by atoms with Crippen LogP contribution in [0.3, 0.4) is 0 Å². The van der Waals surface area contributed by atoms with Gasteiger partial charge in [-0.1, -0.05) is 27.2 Å². The van der Waals surface area contributed by atoms with E-state index in [1.807, 2.05) is 0 Å². The van der Waals surface area contributed by atoms with E-state index in [1.165, 1.54) is 12.8 Å². The number of ether oxygens (including phenoxy) is 1. The predicted molar refractivity (Wildman–Crippen MR) is 64.0 cm³/mol. The maximum atomic E-state index is 6.12. The minimum Gasteiger partial charge on any atom is -0.381 e. The molecule has 0 N–H and O–H groups in total. The quantitative estimate of drug-likeness (QED) is 0.442. The first kappa shape index (κ1) is 14.2. The molecule has 0 aromatic rings. The number of hydrogen-bond donors (Lipinski definition) is 0. The first-order valence-electron chi connectivity index (χ1n) is 5.81. The normalized spacial score (nSPS) is 15.9. The van der Waals surface area contributed by atoms with Crippen molar-refractivity contribution in [1.29, 1.82) is 0 Å². The number of halogens is 1. The van der Waals surface area contributed by atoms with Crippen LogP contribution in [-0.4, -0.2) is 18.6 Å². The summed E-state index contributed by atoms with van der Waals surface area (Å²) in [7, 11) is 0. The molecule has 0 aliphatic carbocycles. The lowest BCUT2D eigenvalue weighted by molar-refractivity contribution is 0.110. The number of rotatable bonds is 8. The lowest BCUT2D eigenvalue weighted by Gasteiger charge is -2.23. The highest BCUT2D eigenvalue weighted by atomic mass is 35.5. The molecule has 86 valence electrons. The second kappa shape index (κ2) is 8.55. The minimum absolute atomic E-state index is 0.254. The Balaban J connectivity index is 3.52. The highest BCUT2D eigenvalue weighted by molar-refractivity contribution is 6.20. The van der Waals surface area contributed by atoms with E-state index in [2.05, 4.69) is 27.7 Å². The number of unbranched alkanes of at least 4 members (excludes halogenated alkanes) is 1. The van der Waals surface area contributed by atoms with Crippen LogP contribution in [0, 0.1) is 11.8 Å². The van der Waals surface area contributed by atoms with Crippen molar-refractivity contribution in [2.24, 2.45) is 11.8 Å². The Morgan fingerprint density at radius 2 is 1.79 bits per heavy atom. The zero-order valence-electron chi connectivity index (χ0n) is 10.1. The van der Waals surface area contributed by atoms with E-state index in [0.29, 0.717) is 11.8 Å². The van der Waals surface area contributed by atoms with Gasteiger partial charge in [-0.2, -0.15) is 0 Å². The summed E-state index contributed by atoms with van der Waals surface area (Å²) in [5, 5.41) is 0.254. The van der Waals surface area contributed by atoms with Crippen LogP contribution in [-0.2, 0) is 4.74 Å². The van der Waals surface area contributed by atoms with Crippen molar-refractivity contribution in [3.8, 4) is 0 Å². The maximum Gasteiger partial charge on any atom is 0.0469 e. The molecule has 2 atom stereocenters. The van der Waals surface area contributed by atoms with Gasteiger partial charge in [0.15, 0.2) is 0 Å². The third kappa shape index (κ3) is 6.67. The van der Waals surface area contributed by atoms with Gasteiger partial charge in [-0.3, -0.25) is 0 Å². The van der Waals surface area contributed by atoms with Crippen molar-refractivity contribution >= 4 is 11.6 Å². The summed E-state index contributed by atoms with van der Waals surface area (Å²) in [6.45, 7) is 10.5. The first-order valence-corrected chi connectivity index (χ1v) is 6.25. The van der Waals surface area contributed by atoms with Crippen LogP contribution in [0.2, 0.25) is 0 Å². The third-order valence-corrected chi connectivity index (χ3v) is 3.01. The average molecular weight is 221 g/mol. The molecule has 0 bridgehead atoms. The number of hydrogen-bond acceptors (Lipinski definition) is 1. The molecule has 0 aliphatic rings. The molecule has 0 fully saturated rings. The standard InChI is InChI=1S/C12H25ClO/c1-5-6-8-14-9-7-12(10(2)3)11(4)13/h10-12H,5-9H2,1-4H3. The summed E-state index contributed by atoms with van der Waals surface area (Å²) in [5.41, 5.74) is 0. The summed E-state index contributed by atoms with van der Waals surface area (Å²) in [4.78, 5) is 0. The summed E-state index contributed by atoms with van der Waals surface area (Å²) < 4.78 is 5.55. The van der Waals surface area contributed by atoms with E-state index in [1.54, 1.807) is 0 Å². The highest BCUT2D eigenvalue weighted by Crippen LogP contribution is 2.23. The Morgan fingerprint density at radius 1 is 1.14 bits per heavy atom. The topological polar surface area (TPSA) is 9.23 Å². The molecule has 2 unspecified atom stereocenters. The van der Waals surface area contributed by atoms with Gasteiger partial charge >= 0.3 is 0 Å². The molecule has 0 saturated heterocycles. The van der Waals surface area contributed by atoms with Gasteiger partial charge in [-0.15, -0.1) is 11.6 Å². The van der Waals surface area contributed by atoms with Crippen molar-refractivity contribution in [3.63, 3.8) is 0 Å². The van der Waals surface area contributed by atoms with Crippen LogP contribution in [0.1, 0.15) is 47.0 Å².